The number of aryl methyl sites for hydroxylation is 1. The minimum Gasteiger partial charge on any atom is -0.324 e. The van der Waals surface area contributed by atoms with Crippen LogP contribution in [0.4, 0.5) is 14.9 Å². The van der Waals surface area contributed by atoms with Gasteiger partial charge in [-0.05, 0) is 61.2 Å². The monoisotopic (exact) mass is 427 g/mol. The topological polar surface area (TPSA) is 52.7 Å². The summed E-state index contributed by atoms with van der Waals surface area (Å²) in [6.07, 6.45) is 2.42. The molecule has 7 heteroatoms. The Morgan fingerprint density at radius 1 is 1.03 bits per heavy atom. The highest BCUT2D eigenvalue weighted by atomic mass is 32.2. The van der Waals surface area contributed by atoms with Crippen molar-refractivity contribution in [1.82, 2.24) is 9.80 Å². The van der Waals surface area contributed by atoms with Crippen molar-refractivity contribution in [2.75, 3.05) is 30.7 Å². The normalized spacial score (nSPS) is 17.9. The number of halogens is 1. The molecular weight excluding hydrogens is 401 g/mol. The van der Waals surface area contributed by atoms with E-state index < -0.39 is 0 Å². The molecule has 0 saturated carbocycles. The molecular formula is C23H26FN3O2S. The molecule has 1 spiro atoms. The van der Waals surface area contributed by atoms with Gasteiger partial charge in [-0.3, -0.25) is 4.79 Å². The minimum atomic E-state index is -0.347. The van der Waals surface area contributed by atoms with E-state index in [4.69, 9.17) is 0 Å². The number of hydrogen-bond acceptors (Lipinski definition) is 3. The van der Waals surface area contributed by atoms with Gasteiger partial charge in [-0.2, -0.15) is 0 Å². The van der Waals surface area contributed by atoms with Crippen LogP contribution in [-0.2, 0) is 6.42 Å². The van der Waals surface area contributed by atoms with Crippen molar-refractivity contribution >= 4 is 29.4 Å². The first-order valence-corrected chi connectivity index (χ1v) is 11.4. The lowest BCUT2D eigenvalue weighted by molar-refractivity contribution is 0.0585. The molecule has 158 valence electrons. The minimum absolute atomic E-state index is 0.0612. The molecule has 2 aliphatic heterocycles. The number of carbonyl (C=O) groups is 2. The molecule has 5 nitrogen and oxygen atoms in total. The molecule has 0 unspecified atom stereocenters. The van der Waals surface area contributed by atoms with Gasteiger partial charge < -0.3 is 15.1 Å². The lowest BCUT2D eigenvalue weighted by atomic mass is 10.0. The summed E-state index contributed by atoms with van der Waals surface area (Å²) in [6, 6.07) is 13.5. The SMILES string of the molecule is CCc1ccc(NC(=O)N2CCC3(CC2)SCCN3C(=O)c2ccc(F)cc2)cc1. The summed E-state index contributed by atoms with van der Waals surface area (Å²) in [6.45, 7) is 3.97. The maximum Gasteiger partial charge on any atom is 0.321 e. The Bertz CT molecular complexity index is 909. The zero-order chi connectivity index (χ0) is 21.1. The van der Waals surface area contributed by atoms with Crippen molar-refractivity contribution in [2.45, 2.75) is 31.1 Å². The van der Waals surface area contributed by atoms with E-state index >= 15 is 0 Å². The summed E-state index contributed by atoms with van der Waals surface area (Å²) in [4.78, 5) is 29.2. The highest BCUT2D eigenvalue weighted by molar-refractivity contribution is 8.00. The third-order valence-electron chi connectivity index (χ3n) is 5.96. The number of carbonyl (C=O) groups excluding carboxylic acids is 2. The van der Waals surface area contributed by atoms with Crippen molar-refractivity contribution in [3.05, 3.63) is 65.5 Å². The van der Waals surface area contributed by atoms with Gasteiger partial charge in [0.05, 0.1) is 4.87 Å². The highest BCUT2D eigenvalue weighted by Crippen LogP contribution is 2.44. The molecule has 4 rings (SSSR count). The number of anilines is 1. The summed E-state index contributed by atoms with van der Waals surface area (Å²) >= 11 is 1.79. The lowest BCUT2D eigenvalue weighted by Crippen LogP contribution is -2.54. The predicted octanol–water partition coefficient (Wildman–Crippen LogP) is 4.60. The summed E-state index contributed by atoms with van der Waals surface area (Å²) in [5.74, 6) is 0.470. The van der Waals surface area contributed by atoms with E-state index in [1.165, 1.54) is 17.7 Å². The van der Waals surface area contributed by atoms with Crippen molar-refractivity contribution < 1.29 is 14.0 Å². The van der Waals surface area contributed by atoms with Crippen LogP contribution in [-0.4, -0.2) is 52.0 Å². The van der Waals surface area contributed by atoms with Crippen molar-refractivity contribution in [1.29, 1.82) is 0 Å². The molecule has 2 aromatic carbocycles. The van der Waals surface area contributed by atoms with Crippen LogP contribution in [0.15, 0.2) is 48.5 Å². The van der Waals surface area contributed by atoms with Gasteiger partial charge in [-0.1, -0.05) is 19.1 Å². The number of piperidine rings is 1. The van der Waals surface area contributed by atoms with Gasteiger partial charge in [0, 0.05) is 36.6 Å². The van der Waals surface area contributed by atoms with E-state index in [9.17, 15) is 14.0 Å². The Kier molecular flexibility index (Phi) is 5.99. The number of nitrogens with zero attached hydrogens (tertiary/aromatic N) is 2. The fourth-order valence-electron chi connectivity index (χ4n) is 4.14. The summed E-state index contributed by atoms with van der Waals surface area (Å²) in [5, 5.41) is 2.97. The van der Waals surface area contributed by atoms with Crippen LogP contribution in [0.1, 0.15) is 35.7 Å². The van der Waals surface area contributed by atoms with Crippen LogP contribution in [0.2, 0.25) is 0 Å². The molecule has 3 amide bonds. The Hall–Kier alpha value is -2.54. The average molecular weight is 428 g/mol. The number of hydrogen-bond donors (Lipinski definition) is 1. The van der Waals surface area contributed by atoms with E-state index in [1.807, 2.05) is 34.1 Å². The zero-order valence-electron chi connectivity index (χ0n) is 17.1. The van der Waals surface area contributed by atoms with Crippen molar-refractivity contribution in [2.24, 2.45) is 0 Å². The van der Waals surface area contributed by atoms with E-state index in [0.717, 1.165) is 30.7 Å². The van der Waals surface area contributed by atoms with Crippen LogP contribution in [0, 0.1) is 5.82 Å². The molecule has 0 radical (unpaired) electrons. The Balaban J connectivity index is 1.38. The summed E-state index contributed by atoms with van der Waals surface area (Å²) in [5.41, 5.74) is 2.53. The standard InChI is InChI=1S/C23H26FN3O2S/c1-2-17-3-9-20(10-4-17)25-22(29)26-13-11-23(12-14-26)27(15-16-30-23)21(28)18-5-7-19(24)8-6-18/h3-10H,2,11-16H2,1H3,(H,25,29). The van der Waals surface area contributed by atoms with Gasteiger partial charge in [0.2, 0.25) is 0 Å². The quantitative estimate of drug-likeness (QED) is 0.779. The lowest BCUT2D eigenvalue weighted by Gasteiger charge is -2.44. The van der Waals surface area contributed by atoms with Crippen LogP contribution in [0.25, 0.3) is 0 Å². The Morgan fingerprint density at radius 2 is 1.70 bits per heavy atom. The van der Waals surface area contributed by atoms with Crippen molar-refractivity contribution in [3.63, 3.8) is 0 Å². The summed E-state index contributed by atoms with van der Waals surface area (Å²) < 4.78 is 13.2. The molecule has 0 atom stereocenters. The second-order valence-electron chi connectivity index (χ2n) is 7.73. The Labute approximate surface area is 180 Å². The first kappa shape index (κ1) is 20.7. The number of thioether (sulfide) groups is 1. The van der Waals surface area contributed by atoms with E-state index in [0.29, 0.717) is 25.2 Å². The van der Waals surface area contributed by atoms with Gasteiger partial charge >= 0.3 is 6.03 Å². The number of benzene rings is 2. The fraction of sp³-hybridized carbons (Fsp3) is 0.391. The molecule has 30 heavy (non-hydrogen) atoms. The van der Waals surface area contributed by atoms with Crippen molar-refractivity contribution in [3.8, 4) is 0 Å². The molecule has 2 saturated heterocycles. The van der Waals surface area contributed by atoms with Crippen LogP contribution in [0.3, 0.4) is 0 Å². The third-order valence-corrected chi connectivity index (χ3v) is 7.51. The second-order valence-corrected chi connectivity index (χ2v) is 9.18. The molecule has 0 aromatic heterocycles. The first-order valence-electron chi connectivity index (χ1n) is 10.4. The van der Waals surface area contributed by atoms with Gasteiger partial charge in [-0.25, -0.2) is 9.18 Å². The van der Waals surface area contributed by atoms with Crippen LogP contribution in [0.5, 0.6) is 0 Å². The van der Waals surface area contributed by atoms with E-state index in [2.05, 4.69) is 12.2 Å². The van der Waals surface area contributed by atoms with Gasteiger partial charge in [0.15, 0.2) is 0 Å². The molecule has 2 aromatic rings. The zero-order valence-corrected chi connectivity index (χ0v) is 17.9. The van der Waals surface area contributed by atoms with Gasteiger partial charge in [0.25, 0.3) is 5.91 Å². The number of rotatable bonds is 3. The second kappa shape index (κ2) is 8.68. The molecule has 0 bridgehead atoms. The molecule has 2 fully saturated rings. The number of urea groups is 1. The maximum atomic E-state index is 13.2. The van der Waals surface area contributed by atoms with Crippen LogP contribution < -0.4 is 5.32 Å². The van der Waals surface area contributed by atoms with Crippen LogP contribution >= 0.6 is 11.8 Å². The molecule has 2 heterocycles. The first-order chi connectivity index (χ1) is 14.5. The highest BCUT2D eigenvalue weighted by Gasteiger charge is 2.47. The number of likely N-dealkylation sites (tertiary alicyclic amines) is 1. The predicted molar refractivity (Wildman–Crippen MR) is 118 cm³/mol. The number of nitrogens with one attached hydrogen (secondary N) is 1. The Morgan fingerprint density at radius 3 is 2.33 bits per heavy atom. The number of amides is 3. The van der Waals surface area contributed by atoms with E-state index in [1.54, 1.807) is 23.9 Å². The maximum absolute atomic E-state index is 13.2. The molecule has 0 aliphatic carbocycles. The third kappa shape index (κ3) is 4.17. The van der Waals surface area contributed by atoms with Gasteiger partial charge in [-0.15, -0.1) is 11.8 Å². The molecule has 1 N–H and O–H groups in total. The van der Waals surface area contributed by atoms with E-state index in [-0.39, 0.29) is 22.6 Å². The fourth-order valence-corrected chi connectivity index (χ4v) is 5.60. The molecule has 2 aliphatic rings. The average Bonchev–Trinajstić information content (AvgIpc) is 3.17. The summed E-state index contributed by atoms with van der Waals surface area (Å²) in [7, 11) is 0. The smallest absolute Gasteiger partial charge is 0.321 e. The largest absolute Gasteiger partial charge is 0.324 e. The van der Waals surface area contributed by atoms with Gasteiger partial charge in [0.1, 0.15) is 5.82 Å².